The molecular weight excluding hydrogens is 376 g/mol. The van der Waals surface area contributed by atoms with Crippen LogP contribution in [0.3, 0.4) is 0 Å². The van der Waals surface area contributed by atoms with Gasteiger partial charge in [-0.2, -0.15) is 0 Å². The number of hydrogen-bond donors (Lipinski definition) is 4. The largest absolute Gasteiger partial charge is 0.338 e. The van der Waals surface area contributed by atoms with Crippen LogP contribution in [0.1, 0.15) is 58.3 Å². The zero-order valence-electron chi connectivity index (χ0n) is 18.7. The van der Waals surface area contributed by atoms with E-state index in [0.29, 0.717) is 36.1 Å². The molecule has 0 aromatic carbocycles. The van der Waals surface area contributed by atoms with E-state index < -0.39 is 0 Å². The fourth-order valence-electron chi connectivity index (χ4n) is 7.11. The SMILES string of the molecule is CC(=O)N1CCC2CCCC(NC3CCNC(C4CNN(C5CCNCC5)C4)C3)C21. The minimum atomic E-state index is 0.273. The van der Waals surface area contributed by atoms with Crippen molar-refractivity contribution in [3.63, 3.8) is 0 Å². The first kappa shape index (κ1) is 21.1. The molecule has 6 atom stereocenters. The Kier molecular flexibility index (Phi) is 6.63. The first-order chi connectivity index (χ1) is 14.7. The van der Waals surface area contributed by atoms with Crippen LogP contribution in [0.15, 0.2) is 0 Å². The number of nitrogens with zero attached hydrogens (tertiary/aromatic N) is 2. The zero-order valence-corrected chi connectivity index (χ0v) is 18.7. The number of likely N-dealkylation sites (tertiary alicyclic amines) is 1. The fraction of sp³-hybridized carbons (Fsp3) is 0.957. The molecule has 1 aliphatic carbocycles. The van der Waals surface area contributed by atoms with E-state index in [-0.39, 0.29) is 5.91 Å². The average Bonchev–Trinajstić information content (AvgIpc) is 3.43. The summed E-state index contributed by atoms with van der Waals surface area (Å²) in [5.74, 6) is 1.69. The monoisotopic (exact) mass is 418 g/mol. The van der Waals surface area contributed by atoms with Crippen molar-refractivity contribution in [1.82, 2.24) is 31.3 Å². The van der Waals surface area contributed by atoms with Crippen LogP contribution in [0.5, 0.6) is 0 Å². The lowest BCUT2D eigenvalue weighted by Crippen LogP contribution is -2.58. The number of hydrogen-bond acceptors (Lipinski definition) is 6. The van der Waals surface area contributed by atoms with Crippen LogP contribution >= 0.6 is 0 Å². The molecule has 0 radical (unpaired) electrons. The van der Waals surface area contributed by atoms with Gasteiger partial charge in [0, 0.05) is 62.7 Å². The van der Waals surface area contributed by atoms with Crippen LogP contribution in [0, 0.1) is 11.8 Å². The van der Waals surface area contributed by atoms with E-state index in [1.807, 2.05) is 0 Å². The molecule has 0 bridgehead atoms. The molecule has 5 rings (SSSR count). The lowest BCUT2D eigenvalue weighted by atomic mass is 9.80. The maximum Gasteiger partial charge on any atom is 0.219 e. The number of amides is 1. The number of piperidine rings is 2. The van der Waals surface area contributed by atoms with Gasteiger partial charge in [0.15, 0.2) is 0 Å². The van der Waals surface area contributed by atoms with Crippen LogP contribution in [0.25, 0.3) is 0 Å². The molecule has 4 aliphatic heterocycles. The number of nitrogens with one attached hydrogen (secondary N) is 4. The minimum Gasteiger partial charge on any atom is -0.338 e. The summed E-state index contributed by atoms with van der Waals surface area (Å²) in [6, 6.07) is 2.82. The Balaban J connectivity index is 1.16. The number of carbonyl (C=O) groups excluding carboxylic acids is 1. The molecule has 5 fully saturated rings. The highest BCUT2D eigenvalue weighted by molar-refractivity contribution is 5.74. The second-order valence-corrected chi connectivity index (χ2v) is 10.5. The molecule has 7 nitrogen and oxygen atoms in total. The standard InChI is InChI=1S/C23H42N6O/c1-16(30)28-12-8-17-3-2-4-21(23(17)28)27-19-5-11-25-22(13-19)18-14-26-29(15-18)20-6-9-24-10-7-20/h17-27H,2-15H2,1H3. The Morgan fingerprint density at radius 1 is 1.00 bits per heavy atom. The number of fused-ring (bicyclic) bond motifs is 1. The third-order valence-corrected chi connectivity index (χ3v) is 8.68. The Bertz CT molecular complexity index is 596. The molecule has 30 heavy (non-hydrogen) atoms. The maximum atomic E-state index is 12.2. The minimum absolute atomic E-state index is 0.273. The van der Waals surface area contributed by atoms with Crippen molar-refractivity contribution in [3.8, 4) is 0 Å². The van der Waals surface area contributed by atoms with Crippen molar-refractivity contribution in [2.75, 3.05) is 39.3 Å². The Labute approximate surface area is 182 Å². The number of hydrazine groups is 1. The van der Waals surface area contributed by atoms with E-state index in [1.54, 1.807) is 6.92 Å². The molecule has 4 N–H and O–H groups in total. The third-order valence-electron chi connectivity index (χ3n) is 8.68. The summed E-state index contributed by atoms with van der Waals surface area (Å²) in [4.78, 5) is 14.4. The van der Waals surface area contributed by atoms with Crippen molar-refractivity contribution in [2.24, 2.45) is 11.8 Å². The van der Waals surface area contributed by atoms with E-state index in [1.165, 1.54) is 57.9 Å². The lowest BCUT2D eigenvalue weighted by molar-refractivity contribution is -0.131. The van der Waals surface area contributed by atoms with Crippen LogP contribution in [-0.4, -0.2) is 85.3 Å². The summed E-state index contributed by atoms with van der Waals surface area (Å²) in [5, 5.41) is 13.9. The number of rotatable bonds is 4. The molecular formula is C23H42N6O. The van der Waals surface area contributed by atoms with Gasteiger partial charge in [-0.3, -0.25) is 10.2 Å². The van der Waals surface area contributed by atoms with E-state index in [0.717, 1.165) is 38.6 Å². The third kappa shape index (κ3) is 4.42. The molecule has 1 amide bonds. The van der Waals surface area contributed by atoms with Gasteiger partial charge in [-0.25, -0.2) is 5.01 Å². The van der Waals surface area contributed by atoms with Crippen molar-refractivity contribution in [1.29, 1.82) is 0 Å². The van der Waals surface area contributed by atoms with Crippen molar-refractivity contribution in [2.45, 2.75) is 88.5 Å². The zero-order chi connectivity index (χ0) is 20.5. The molecule has 0 aromatic rings. The summed E-state index contributed by atoms with van der Waals surface area (Å²) >= 11 is 0. The molecule has 5 aliphatic rings. The second-order valence-electron chi connectivity index (χ2n) is 10.5. The molecule has 0 aromatic heterocycles. The first-order valence-corrected chi connectivity index (χ1v) is 12.7. The molecule has 6 unspecified atom stereocenters. The summed E-state index contributed by atoms with van der Waals surface area (Å²) in [6.07, 6.45) is 10.0. The normalized spacial score (nSPS) is 41.2. The van der Waals surface area contributed by atoms with Gasteiger partial charge in [-0.1, -0.05) is 6.42 Å². The predicted molar refractivity (Wildman–Crippen MR) is 119 cm³/mol. The van der Waals surface area contributed by atoms with Crippen molar-refractivity contribution < 1.29 is 4.79 Å². The summed E-state index contributed by atoms with van der Waals surface area (Å²) < 4.78 is 0. The Morgan fingerprint density at radius 2 is 1.87 bits per heavy atom. The highest BCUT2D eigenvalue weighted by atomic mass is 16.2. The lowest BCUT2D eigenvalue weighted by Gasteiger charge is -2.43. The maximum absolute atomic E-state index is 12.2. The van der Waals surface area contributed by atoms with E-state index in [9.17, 15) is 4.79 Å². The van der Waals surface area contributed by atoms with Gasteiger partial charge in [0.25, 0.3) is 0 Å². The molecule has 1 saturated carbocycles. The predicted octanol–water partition coefficient (Wildman–Crippen LogP) is 0.675. The summed E-state index contributed by atoms with van der Waals surface area (Å²) in [5.41, 5.74) is 3.72. The van der Waals surface area contributed by atoms with Crippen LogP contribution in [0.2, 0.25) is 0 Å². The second kappa shape index (κ2) is 9.41. The van der Waals surface area contributed by atoms with E-state index in [4.69, 9.17) is 0 Å². The quantitative estimate of drug-likeness (QED) is 0.538. The van der Waals surface area contributed by atoms with Crippen LogP contribution in [-0.2, 0) is 4.79 Å². The Morgan fingerprint density at radius 3 is 2.70 bits per heavy atom. The summed E-state index contributed by atoms with van der Waals surface area (Å²) in [7, 11) is 0. The van der Waals surface area contributed by atoms with Crippen molar-refractivity contribution >= 4 is 5.91 Å². The van der Waals surface area contributed by atoms with Gasteiger partial charge >= 0.3 is 0 Å². The van der Waals surface area contributed by atoms with E-state index >= 15 is 0 Å². The van der Waals surface area contributed by atoms with Gasteiger partial charge in [-0.15, -0.1) is 0 Å². The molecule has 4 saturated heterocycles. The average molecular weight is 419 g/mol. The van der Waals surface area contributed by atoms with Gasteiger partial charge < -0.3 is 20.9 Å². The van der Waals surface area contributed by atoms with Gasteiger partial charge in [-0.05, 0) is 70.5 Å². The molecule has 170 valence electrons. The van der Waals surface area contributed by atoms with Crippen molar-refractivity contribution in [3.05, 3.63) is 0 Å². The first-order valence-electron chi connectivity index (χ1n) is 12.7. The van der Waals surface area contributed by atoms with Gasteiger partial charge in [0.1, 0.15) is 0 Å². The molecule has 4 heterocycles. The Hall–Kier alpha value is -0.730. The van der Waals surface area contributed by atoms with Gasteiger partial charge in [0.05, 0.1) is 0 Å². The smallest absolute Gasteiger partial charge is 0.219 e. The van der Waals surface area contributed by atoms with Crippen LogP contribution < -0.4 is 21.4 Å². The topological polar surface area (TPSA) is 71.7 Å². The van der Waals surface area contributed by atoms with E-state index in [2.05, 4.69) is 31.3 Å². The highest BCUT2D eigenvalue weighted by Crippen LogP contribution is 2.37. The van der Waals surface area contributed by atoms with Gasteiger partial charge in [0.2, 0.25) is 5.91 Å². The van der Waals surface area contributed by atoms with Crippen LogP contribution in [0.4, 0.5) is 0 Å². The molecule has 0 spiro atoms. The fourth-order valence-corrected chi connectivity index (χ4v) is 7.11. The number of carbonyl (C=O) groups is 1. The summed E-state index contributed by atoms with van der Waals surface area (Å²) in [6.45, 7) is 8.45. The highest BCUT2D eigenvalue weighted by Gasteiger charge is 2.44. The molecule has 7 heteroatoms.